The zero-order valence-corrected chi connectivity index (χ0v) is 16.0. The molecule has 2 aromatic carbocycles. The van der Waals surface area contributed by atoms with Gasteiger partial charge < -0.3 is 18.8 Å². The Balaban J connectivity index is 1.44. The third-order valence-electron chi connectivity index (χ3n) is 4.97. The van der Waals surface area contributed by atoms with Gasteiger partial charge in [0.05, 0.1) is 24.4 Å². The molecule has 0 spiro atoms. The molecule has 1 aliphatic rings. The number of hydrogen-bond donors (Lipinski definition) is 0. The normalized spacial score (nSPS) is 17.9. The molecule has 1 heterocycles. The molecule has 0 saturated carbocycles. The molecule has 4 nitrogen and oxygen atoms in total. The van der Waals surface area contributed by atoms with Gasteiger partial charge in [-0.1, -0.05) is 30.3 Å². The average molecular weight is 354 g/mol. The van der Waals surface area contributed by atoms with Gasteiger partial charge >= 0.3 is 7.12 Å². The van der Waals surface area contributed by atoms with Crippen molar-refractivity contribution in [1.82, 2.24) is 0 Å². The van der Waals surface area contributed by atoms with E-state index in [1.54, 1.807) is 0 Å². The first-order chi connectivity index (χ1) is 12.4. The number of rotatable bonds is 7. The first-order valence-electron chi connectivity index (χ1n) is 9.14. The molecule has 0 radical (unpaired) electrons. The highest BCUT2D eigenvalue weighted by molar-refractivity contribution is 6.62. The summed E-state index contributed by atoms with van der Waals surface area (Å²) >= 11 is 0. The number of benzene rings is 2. The van der Waals surface area contributed by atoms with E-state index in [0.717, 1.165) is 23.4 Å². The second-order valence-corrected chi connectivity index (χ2v) is 7.52. The second kappa shape index (κ2) is 7.72. The topological polar surface area (TPSA) is 36.9 Å². The highest BCUT2D eigenvalue weighted by Crippen LogP contribution is 2.36. The van der Waals surface area contributed by atoms with Crippen molar-refractivity contribution in [3.05, 3.63) is 54.6 Å². The zero-order valence-electron chi connectivity index (χ0n) is 16.0. The van der Waals surface area contributed by atoms with Crippen LogP contribution >= 0.6 is 0 Å². The summed E-state index contributed by atoms with van der Waals surface area (Å²) in [6, 6.07) is 17.7. The lowest BCUT2D eigenvalue weighted by Gasteiger charge is -2.32. The molecule has 0 amide bonds. The molecule has 2 aromatic rings. The molecule has 138 valence electrons. The van der Waals surface area contributed by atoms with Crippen molar-refractivity contribution in [2.45, 2.75) is 45.3 Å². The Hall–Kier alpha value is -1.98. The summed E-state index contributed by atoms with van der Waals surface area (Å²) in [7, 11) is -0.340. The van der Waals surface area contributed by atoms with Crippen LogP contribution in [-0.2, 0) is 9.31 Å². The van der Waals surface area contributed by atoms with Crippen molar-refractivity contribution in [3.63, 3.8) is 0 Å². The standard InChI is InChI=1S/C21H27BO4/c1-20(2)21(3,4)26-22(25-20)17-11-13-19(14-12-17)24-16-8-15-23-18-9-6-5-7-10-18/h5-7,9-14H,8,15-16H2,1-4H3. The van der Waals surface area contributed by atoms with Gasteiger partial charge in [0.15, 0.2) is 0 Å². The van der Waals surface area contributed by atoms with Crippen LogP contribution < -0.4 is 14.9 Å². The van der Waals surface area contributed by atoms with Gasteiger partial charge in [0.2, 0.25) is 0 Å². The van der Waals surface area contributed by atoms with E-state index in [2.05, 4.69) is 27.7 Å². The van der Waals surface area contributed by atoms with Crippen LogP contribution in [-0.4, -0.2) is 31.5 Å². The van der Waals surface area contributed by atoms with Crippen molar-refractivity contribution in [2.24, 2.45) is 0 Å². The molecule has 0 N–H and O–H groups in total. The minimum atomic E-state index is -0.340. The van der Waals surface area contributed by atoms with Gasteiger partial charge in [-0.3, -0.25) is 0 Å². The van der Waals surface area contributed by atoms with E-state index >= 15 is 0 Å². The minimum absolute atomic E-state index is 0.328. The zero-order chi connectivity index (χ0) is 18.6. The molecular formula is C21H27BO4. The van der Waals surface area contributed by atoms with Gasteiger partial charge in [-0.15, -0.1) is 0 Å². The fourth-order valence-electron chi connectivity index (χ4n) is 2.66. The van der Waals surface area contributed by atoms with E-state index in [0.29, 0.717) is 13.2 Å². The Morgan fingerprint density at radius 1 is 0.731 bits per heavy atom. The molecule has 0 aliphatic carbocycles. The second-order valence-electron chi connectivity index (χ2n) is 7.52. The summed E-state index contributed by atoms with van der Waals surface area (Å²) in [6.07, 6.45) is 0.827. The lowest BCUT2D eigenvalue weighted by Crippen LogP contribution is -2.41. The van der Waals surface area contributed by atoms with Crippen LogP contribution in [0.4, 0.5) is 0 Å². The van der Waals surface area contributed by atoms with Crippen LogP contribution in [0.5, 0.6) is 11.5 Å². The van der Waals surface area contributed by atoms with E-state index < -0.39 is 0 Å². The molecule has 1 aliphatic heterocycles. The Bertz CT molecular complexity index is 682. The van der Waals surface area contributed by atoms with E-state index in [9.17, 15) is 0 Å². The molecule has 0 unspecified atom stereocenters. The van der Waals surface area contributed by atoms with Crippen molar-refractivity contribution in [2.75, 3.05) is 13.2 Å². The Kier molecular flexibility index (Phi) is 5.59. The van der Waals surface area contributed by atoms with Crippen LogP contribution in [0, 0.1) is 0 Å². The molecule has 0 atom stereocenters. The van der Waals surface area contributed by atoms with E-state index in [4.69, 9.17) is 18.8 Å². The molecule has 1 saturated heterocycles. The molecular weight excluding hydrogens is 327 g/mol. The predicted octanol–water partition coefficient (Wildman–Crippen LogP) is 3.83. The summed E-state index contributed by atoms with van der Waals surface area (Å²) in [5, 5.41) is 0. The molecule has 0 bridgehead atoms. The van der Waals surface area contributed by atoms with Crippen LogP contribution in [0.2, 0.25) is 0 Å². The maximum atomic E-state index is 6.07. The van der Waals surface area contributed by atoms with Crippen molar-refractivity contribution in [1.29, 1.82) is 0 Å². The Labute approximate surface area is 156 Å². The first-order valence-corrected chi connectivity index (χ1v) is 9.14. The molecule has 0 aromatic heterocycles. The maximum Gasteiger partial charge on any atom is 0.494 e. The predicted molar refractivity (Wildman–Crippen MR) is 104 cm³/mol. The fourth-order valence-corrected chi connectivity index (χ4v) is 2.66. The fraction of sp³-hybridized carbons (Fsp3) is 0.429. The van der Waals surface area contributed by atoms with Gasteiger partial charge in [-0.05, 0) is 57.4 Å². The summed E-state index contributed by atoms with van der Waals surface area (Å²) in [4.78, 5) is 0. The van der Waals surface area contributed by atoms with Crippen LogP contribution in [0.25, 0.3) is 0 Å². The van der Waals surface area contributed by atoms with Gasteiger partial charge in [0.1, 0.15) is 11.5 Å². The maximum absolute atomic E-state index is 6.07. The smallest absolute Gasteiger partial charge is 0.493 e. The lowest BCUT2D eigenvalue weighted by molar-refractivity contribution is 0.00578. The van der Waals surface area contributed by atoms with Crippen LogP contribution in [0.1, 0.15) is 34.1 Å². The minimum Gasteiger partial charge on any atom is -0.493 e. The summed E-state index contributed by atoms with van der Waals surface area (Å²) in [6.45, 7) is 9.48. The van der Waals surface area contributed by atoms with E-state index in [1.807, 2.05) is 54.6 Å². The Morgan fingerprint density at radius 2 is 1.23 bits per heavy atom. The van der Waals surface area contributed by atoms with Gasteiger partial charge in [0, 0.05) is 6.42 Å². The highest BCUT2D eigenvalue weighted by atomic mass is 16.7. The third kappa shape index (κ3) is 4.40. The lowest BCUT2D eigenvalue weighted by atomic mass is 9.79. The highest BCUT2D eigenvalue weighted by Gasteiger charge is 2.51. The van der Waals surface area contributed by atoms with E-state index in [-0.39, 0.29) is 18.3 Å². The molecule has 26 heavy (non-hydrogen) atoms. The van der Waals surface area contributed by atoms with Gasteiger partial charge in [-0.25, -0.2) is 0 Å². The molecule has 5 heteroatoms. The first kappa shape index (κ1) is 18.8. The van der Waals surface area contributed by atoms with Crippen LogP contribution in [0.3, 0.4) is 0 Å². The Morgan fingerprint density at radius 3 is 1.77 bits per heavy atom. The largest absolute Gasteiger partial charge is 0.494 e. The van der Waals surface area contributed by atoms with Crippen LogP contribution in [0.15, 0.2) is 54.6 Å². The number of para-hydroxylation sites is 1. The molecule has 3 rings (SSSR count). The van der Waals surface area contributed by atoms with Crippen molar-refractivity contribution in [3.8, 4) is 11.5 Å². The molecule has 1 fully saturated rings. The average Bonchev–Trinajstić information content (AvgIpc) is 2.84. The van der Waals surface area contributed by atoms with Crippen molar-refractivity contribution < 1.29 is 18.8 Å². The van der Waals surface area contributed by atoms with Gasteiger partial charge in [-0.2, -0.15) is 0 Å². The quantitative estimate of drug-likeness (QED) is 0.559. The van der Waals surface area contributed by atoms with Crippen molar-refractivity contribution >= 4 is 12.6 Å². The van der Waals surface area contributed by atoms with E-state index in [1.165, 1.54) is 0 Å². The summed E-state index contributed by atoms with van der Waals surface area (Å²) in [5.74, 6) is 1.73. The monoisotopic (exact) mass is 354 g/mol. The summed E-state index contributed by atoms with van der Waals surface area (Å²) < 4.78 is 23.6. The third-order valence-corrected chi connectivity index (χ3v) is 4.97. The summed E-state index contributed by atoms with van der Waals surface area (Å²) in [5.41, 5.74) is 0.348. The number of hydrogen-bond acceptors (Lipinski definition) is 4. The van der Waals surface area contributed by atoms with Gasteiger partial charge in [0.25, 0.3) is 0 Å². The number of ether oxygens (including phenoxy) is 2. The SMILES string of the molecule is CC1(C)OB(c2ccc(OCCCOc3ccccc3)cc2)OC1(C)C.